The van der Waals surface area contributed by atoms with Crippen molar-refractivity contribution in [3.8, 4) is 0 Å². The van der Waals surface area contributed by atoms with Crippen LogP contribution in [0.1, 0.15) is 24.3 Å². The molecule has 7 heteroatoms. The van der Waals surface area contributed by atoms with Crippen LogP contribution >= 0.6 is 24.8 Å². The molecule has 17 heavy (non-hydrogen) atoms. The van der Waals surface area contributed by atoms with Gasteiger partial charge in [0, 0.05) is 25.0 Å². The van der Waals surface area contributed by atoms with Crippen molar-refractivity contribution in [2.24, 2.45) is 0 Å². The Kier molecular flexibility index (Phi) is 11.1. The molecule has 0 fully saturated rings. The number of carbonyl (C=O) groups excluding carboxylic acids is 1. The van der Waals surface area contributed by atoms with E-state index in [2.05, 4.69) is 20.6 Å². The second-order valence-electron chi connectivity index (χ2n) is 3.26. The Balaban J connectivity index is 0. The van der Waals surface area contributed by atoms with Gasteiger partial charge in [-0.2, -0.15) is 0 Å². The number of nitrogens with zero attached hydrogens (tertiary/aromatic N) is 2. The third-order valence-electron chi connectivity index (χ3n) is 1.92. The normalized spacial score (nSPS) is 10.7. The number of hydrogen-bond donors (Lipinski definition) is 2. The van der Waals surface area contributed by atoms with E-state index >= 15 is 0 Å². The Bertz CT molecular complexity index is 310. The Hall–Kier alpha value is -0.910. The van der Waals surface area contributed by atoms with E-state index in [1.54, 1.807) is 0 Å². The number of likely N-dealkylation sites (N-methyl/N-ethyl adjacent to an activating group) is 1. The fourth-order valence-corrected chi connectivity index (χ4v) is 1.17. The summed E-state index contributed by atoms with van der Waals surface area (Å²) >= 11 is 0. The lowest BCUT2D eigenvalue weighted by atomic mass is 10.3. The molecule has 98 valence electrons. The first-order valence-corrected chi connectivity index (χ1v) is 5.01. The number of hydrogen-bond acceptors (Lipinski definition) is 4. The third-order valence-corrected chi connectivity index (χ3v) is 1.92. The quantitative estimate of drug-likeness (QED) is 0.846. The minimum absolute atomic E-state index is 0. The van der Waals surface area contributed by atoms with Crippen LogP contribution in [0.3, 0.4) is 0 Å². The minimum Gasteiger partial charge on any atom is -0.349 e. The molecule has 0 radical (unpaired) electrons. The summed E-state index contributed by atoms with van der Waals surface area (Å²) in [6, 6.07) is 0.260. The number of aromatic nitrogens is 2. The van der Waals surface area contributed by atoms with Gasteiger partial charge in [-0.25, -0.2) is 4.98 Å². The number of rotatable bonds is 5. The van der Waals surface area contributed by atoms with E-state index in [-0.39, 0.29) is 36.8 Å². The van der Waals surface area contributed by atoms with Gasteiger partial charge in [-0.3, -0.25) is 9.78 Å². The van der Waals surface area contributed by atoms with Crippen molar-refractivity contribution in [1.82, 2.24) is 20.6 Å². The Morgan fingerprint density at radius 3 is 2.65 bits per heavy atom. The predicted molar refractivity (Wildman–Crippen MR) is 72.0 cm³/mol. The standard InChI is InChI=1S/C10H16N4O.2ClH/c1-3-12-8(2)6-14-10(15)9-7-11-4-5-13-9;;/h4-5,7-8,12H,3,6H2,1-2H3,(H,14,15);2*1H/t8-;;/m1../s1. The fourth-order valence-electron chi connectivity index (χ4n) is 1.17. The SMILES string of the molecule is CCN[C@H](C)CNC(=O)c1cnccn1.Cl.Cl. The molecule has 0 unspecified atom stereocenters. The first-order valence-electron chi connectivity index (χ1n) is 5.01. The van der Waals surface area contributed by atoms with E-state index in [0.29, 0.717) is 12.2 Å². The van der Waals surface area contributed by atoms with Crippen molar-refractivity contribution < 1.29 is 4.79 Å². The summed E-state index contributed by atoms with van der Waals surface area (Å²) in [5.74, 6) is -0.187. The number of carbonyl (C=O) groups is 1. The zero-order chi connectivity index (χ0) is 11.1. The first kappa shape index (κ1) is 18.5. The summed E-state index contributed by atoms with van der Waals surface area (Å²) in [4.78, 5) is 19.2. The van der Waals surface area contributed by atoms with Crippen LogP contribution in [-0.4, -0.2) is 35.0 Å². The molecular formula is C10H18Cl2N4O. The second kappa shape index (κ2) is 10.3. The van der Waals surface area contributed by atoms with Gasteiger partial charge in [-0.15, -0.1) is 24.8 Å². The molecule has 1 atom stereocenters. The Morgan fingerprint density at radius 2 is 2.12 bits per heavy atom. The smallest absolute Gasteiger partial charge is 0.271 e. The third kappa shape index (κ3) is 7.10. The van der Waals surface area contributed by atoms with Crippen molar-refractivity contribution in [2.45, 2.75) is 19.9 Å². The van der Waals surface area contributed by atoms with Crippen molar-refractivity contribution in [3.05, 3.63) is 24.3 Å². The topological polar surface area (TPSA) is 66.9 Å². The van der Waals surface area contributed by atoms with Crippen LogP contribution in [0.2, 0.25) is 0 Å². The molecule has 2 N–H and O–H groups in total. The van der Waals surface area contributed by atoms with E-state index < -0.39 is 0 Å². The molecule has 5 nitrogen and oxygen atoms in total. The summed E-state index contributed by atoms with van der Waals surface area (Å²) < 4.78 is 0. The van der Waals surface area contributed by atoms with Crippen LogP contribution in [0, 0.1) is 0 Å². The molecule has 0 aliphatic carbocycles. The lowest BCUT2D eigenvalue weighted by Gasteiger charge is -2.12. The van der Waals surface area contributed by atoms with Gasteiger partial charge in [-0.1, -0.05) is 6.92 Å². The Labute approximate surface area is 114 Å². The van der Waals surface area contributed by atoms with Crippen molar-refractivity contribution in [3.63, 3.8) is 0 Å². The zero-order valence-electron chi connectivity index (χ0n) is 9.84. The lowest BCUT2D eigenvalue weighted by molar-refractivity contribution is 0.0945. The van der Waals surface area contributed by atoms with Crippen LogP contribution in [0.25, 0.3) is 0 Å². The van der Waals surface area contributed by atoms with Gasteiger partial charge in [0.25, 0.3) is 5.91 Å². The van der Waals surface area contributed by atoms with E-state index in [0.717, 1.165) is 6.54 Å². The number of halogens is 2. The number of amides is 1. The molecule has 0 spiro atoms. The van der Waals surface area contributed by atoms with Crippen molar-refractivity contribution in [2.75, 3.05) is 13.1 Å². The van der Waals surface area contributed by atoms with Gasteiger partial charge >= 0.3 is 0 Å². The van der Waals surface area contributed by atoms with Crippen molar-refractivity contribution >= 4 is 30.7 Å². The highest BCUT2D eigenvalue weighted by molar-refractivity contribution is 5.91. The van der Waals surface area contributed by atoms with Crippen molar-refractivity contribution in [1.29, 1.82) is 0 Å². The molecule has 0 saturated heterocycles. The molecular weight excluding hydrogens is 263 g/mol. The maximum absolute atomic E-state index is 11.5. The second-order valence-corrected chi connectivity index (χ2v) is 3.26. The van der Waals surface area contributed by atoms with Crippen LogP contribution in [0.5, 0.6) is 0 Å². The van der Waals surface area contributed by atoms with Gasteiger partial charge < -0.3 is 10.6 Å². The molecule has 0 aliphatic heterocycles. The highest BCUT2D eigenvalue weighted by Gasteiger charge is 2.07. The zero-order valence-corrected chi connectivity index (χ0v) is 11.5. The van der Waals surface area contributed by atoms with E-state index in [1.807, 2.05) is 13.8 Å². The van der Waals surface area contributed by atoms with Crippen LogP contribution in [0.15, 0.2) is 18.6 Å². The van der Waals surface area contributed by atoms with Crippen LogP contribution < -0.4 is 10.6 Å². The molecule has 1 amide bonds. The molecule has 1 rings (SSSR count). The highest BCUT2D eigenvalue weighted by Crippen LogP contribution is 1.89. The highest BCUT2D eigenvalue weighted by atomic mass is 35.5. The average Bonchev–Trinajstić information content (AvgIpc) is 2.27. The first-order chi connectivity index (χ1) is 7.24. The van der Waals surface area contributed by atoms with Gasteiger partial charge in [0.15, 0.2) is 0 Å². The maximum atomic E-state index is 11.5. The predicted octanol–water partition coefficient (Wildman–Crippen LogP) is 1.05. The summed E-state index contributed by atoms with van der Waals surface area (Å²) in [6.45, 7) is 5.52. The summed E-state index contributed by atoms with van der Waals surface area (Å²) in [5, 5.41) is 5.98. The molecule has 1 aromatic heterocycles. The molecule has 0 aliphatic rings. The average molecular weight is 281 g/mol. The maximum Gasteiger partial charge on any atom is 0.271 e. The van der Waals surface area contributed by atoms with Gasteiger partial charge in [-0.05, 0) is 13.5 Å². The number of nitrogens with one attached hydrogen (secondary N) is 2. The molecule has 0 aromatic carbocycles. The van der Waals surface area contributed by atoms with Crippen LogP contribution in [-0.2, 0) is 0 Å². The van der Waals surface area contributed by atoms with E-state index in [9.17, 15) is 4.79 Å². The summed E-state index contributed by atoms with van der Waals surface area (Å²) in [7, 11) is 0. The lowest BCUT2D eigenvalue weighted by Crippen LogP contribution is -2.39. The summed E-state index contributed by atoms with van der Waals surface area (Å²) in [6.07, 6.45) is 4.49. The van der Waals surface area contributed by atoms with E-state index in [1.165, 1.54) is 18.6 Å². The van der Waals surface area contributed by atoms with Gasteiger partial charge in [0.05, 0.1) is 6.20 Å². The van der Waals surface area contributed by atoms with Gasteiger partial charge in [0.2, 0.25) is 0 Å². The van der Waals surface area contributed by atoms with E-state index in [4.69, 9.17) is 0 Å². The largest absolute Gasteiger partial charge is 0.349 e. The molecule has 0 saturated carbocycles. The molecule has 1 aromatic rings. The molecule has 0 bridgehead atoms. The monoisotopic (exact) mass is 280 g/mol. The minimum atomic E-state index is -0.187. The summed E-state index contributed by atoms with van der Waals surface area (Å²) in [5.41, 5.74) is 0.348. The van der Waals surface area contributed by atoms with Crippen LogP contribution in [0.4, 0.5) is 0 Å². The molecule has 1 heterocycles. The Morgan fingerprint density at radius 1 is 1.41 bits per heavy atom. The van der Waals surface area contributed by atoms with Gasteiger partial charge in [0.1, 0.15) is 5.69 Å². The fraction of sp³-hybridized carbons (Fsp3) is 0.500.